The number of urea groups is 1. The number of nitrogens with zero attached hydrogens (tertiary/aromatic N) is 2. The first-order chi connectivity index (χ1) is 13.7. The van der Waals surface area contributed by atoms with Crippen LogP contribution < -0.4 is 10.6 Å². The Labute approximate surface area is 170 Å². The van der Waals surface area contributed by atoms with Crippen molar-refractivity contribution in [1.82, 2.24) is 15.1 Å². The Kier molecular flexibility index (Phi) is 5.91. The van der Waals surface area contributed by atoms with Gasteiger partial charge in [-0.05, 0) is 37.8 Å². The number of nitrogens with one attached hydrogen (secondary N) is 2. The van der Waals surface area contributed by atoms with E-state index in [-0.39, 0.29) is 24.9 Å². The van der Waals surface area contributed by atoms with Gasteiger partial charge in [-0.25, -0.2) is 4.79 Å². The summed E-state index contributed by atoms with van der Waals surface area (Å²) in [5, 5.41) is 5.62. The third kappa shape index (κ3) is 4.26. The van der Waals surface area contributed by atoms with Gasteiger partial charge in [-0.2, -0.15) is 0 Å². The van der Waals surface area contributed by atoms with E-state index in [1.54, 1.807) is 0 Å². The summed E-state index contributed by atoms with van der Waals surface area (Å²) in [4.78, 5) is 52.2. The van der Waals surface area contributed by atoms with Gasteiger partial charge in [0, 0.05) is 12.7 Å². The van der Waals surface area contributed by atoms with Crippen LogP contribution in [0.15, 0.2) is 18.2 Å². The van der Waals surface area contributed by atoms with Gasteiger partial charge < -0.3 is 15.5 Å². The van der Waals surface area contributed by atoms with Gasteiger partial charge in [-0.1, -0.05) is 37.5 Å². The SMILES string of the molecule is Cc1cccc(C)c1NC(=O)CN(C)C(=O)CN1C(=O)NC2(CCCCC2)C1=O. The summed E-state index contributed by atoms with van der Waals surface area (Å²) in [6.45, 7) is 3.27. The predicted octanol–water partition coefficient (Wildman–Crippen LogP) is 1.96. The molecular formula is C21H28N4O4. The van der Waals surface area contributed by atoms with Crippen molar-refractivity contribution in [2.45, 2.75) is 51.5 Å². The molecule has 1 spiro atoms. The van der Waals surface area contributed by atoms with E-state index >= 15 is 0 Å². The van der Waals surface area contributed by atoms with Gasteiger partial charge in [0.25, 0.3) is 5.91 Å². The van der Waals surface area contributed by atoms with Gasteiger partial charge in [-0.3, -0.25) is 19.3 Å². The second-order valence-corrected chi connectivity index (χ2v) is 8.03. The number of hydrogen-bond donors (Lipinski definition) is 2. The number of hydrogen-bond acceptors (Lipinski definition) is 4. The van der Waals surface area contributed by atoms with Crippen LogP contribution in [0.2, 0.25) is 0 Å². The quantitative estimate of drug-likeness (QED) is 0.738. The Morgan fingerprint density at radius 2 is 1.76 bits per heavy atom. The molecule has 2 N–H and O–H groups in total. The van der Waals surface area contributed by atoms with Crippen molar-refractivity contribution in [3.05, 3.63) is 29.3 Å². The molecule has 1 heterocycles. The number of para-hydroxylation sites is 1. The molecule has 5 amide bonds. The van der Waals surface area contributed by atoms with E-state index < -0.39 is 17.5 Å². The number of anilines is 1. The van der Waals surface area contributed by atoms with Crippen LogP contribution in [-0.4, -0.2) is 59.2 Å². The lowest BCUT2D eigenvalue weighted by molar-refractivity contribution is -0.139. The standard InChI is InChI=1S/C21H28N4O4/c1-14-8-7-9-15(2)18(14)22-16(26)12-24(3)17(27)13-25-19(28)21(23-20(25)29)10-5-4-6-11-21/h7-9H,4-6,10-13H2,1-3H3,(H,22,26)(H,23,29). The molecule has 1 aliphatic heterocycles. The predicted molar refractivity (Wildman–Crippen MR) is 108 cm³/mol. The maximum Gasteiger partial charge on any atom is 0.325 e. The van der Waals surface area contributed by atoms with Gasteiger partial charge in [0.1, 0.15) is 12.1 Å². The molecule has 1 aliphatic carbocycles. The largest absolute Gasteiger partial charge is 0.335 e. The topological polar surface area (TPSA) is 98.8 Å². The maximum atomic E-state index is 12.8. The fraction of sp³-hybridized carbons (Fsp3) is 0.524. The zero-order valence-corrected chi connectivity index (χ0v) is 17.2. The molecule has 0 bridgehead atoms. The minimum absolute atomic E-state index is 0.165. The number of imide groups is 1. The molecule has 0 unspecified atom stereocenters. The molecule has 156 valence electrons. The first-order valence-corrected chi connectivity index (χ1v) is 9.98. The lowest BCUT2D eigenvalue weighted by Gasteiger charge is -2.30. The highest BCUT2D eigenvalue weighted by Crippen LogP contribution is 2.33. The molecule has 1 aromatic carbocycles. The second kappa shape index (κ2) is 8.23. The van der Waals surface area contributed by atoms with Gasteiger partial charge in [0.15, 0.2) is 0 Å². The highest BCUT2D eigenvalue weighted by atomic mass is 16.2. The van der Waals surface area contributed by atoms with E-state index in [4.69, 9.17) is 0 Å². The van der Waals surface area contributed by atoms with Crippen LogP contribution in [0.25, 0.3) is 0 Å². The number of carbonyl (C=O) groups is 4. The van der Waals surface area contributed by atoms with Crippen LogP contribution in [0.4, 0.5) is 10.5 Å². The zero-order chi connectivity index (χ0) is 21.2. The number of carbonyl (C=O) groups excluding carboxylic acids is 4. The molecule has 29 heavy (non-hydrogen) atoms. The number of rotatable bonds is 5. The van der Waals surface area contributed by atoms with E-state index in [1.807, 2.05) is 32.0 Å². The van der Waals surface area contributed by atoms with Crippen LogP contribution in [0, 0.1) is 13.8 Å². The number of likely N-dealkylation sites (N-methyl/N-ethyl adjacent to an activating group) is 1. The van der Waals surface area contributed by atoms with Gasteiger partial charge in [-0.15, -0.1) is 0 Å². The molecular weight excluding hydrogens is 372 g/mol. The van der Waals surface area contributed by atoms with Crippen molar-refractivity contribution < 1.29 is 19.2 Å². The zero-order valence-electron chi connectivity index (χ0n) is 17.2. The Morgan fingerprint density at radius 1 is 1.14 bits per heavy atom. The van der Waals surface area contributed by atoms with Crippen molar-refractivity contribution in [3.8, 4) is 0 Å². The van der Waals surface area contributed by atoms with Crippen molar-refractivity contribution in [3.63, 3.8) is 0 Å². The number of amides is 5. The first kappa shape index (κ1) is 20.8. The Hall–Kier alpha value is -2.90. The van der Waals surface area contributed by atoms with Crippen LogP contribution in [0.3, 0.4) is 0 Å². The van der Waals surface area contributed by atoms with Crippen LogP contribution in [0.5, 0.6) is 0 Å². The van der Waals surface area contributed by atoms with Crippen molar-refractivity contribution >= 4 is 29.4 Å². The van der Waals surface area contributed by atoms with Crippen LogP contribution >= 0.6 is 0 Å². The summed E-state index contributed by atoms with van der Waals surface area (Å²) >= 11 is 0. The molecule has 1 saturated carbocycles. The second-order valence-electron chi connectivity index (χ2n) is 8.03. The molecule has 0 radical (unpaired) electrons. The smallest absolute Gasteiger partial charge is 0.325 e. The molecule has 2 aliphatic rings. The van der Waals surface area contributed by atoms with E-state index in [0.29, 0.717) is 12.8 Å². The molecule has 0 atom stereocenters. The molecule has 1 saturated heterocycles. The van der Waals surface area contributed by atoms with E-state index in [9.17, 15) is 19.2 Å². The normalized spacial score (nSPS) is 18.0. The number of benzene rings is 1. The minimum Gasteiger partial charge on any atom is -0.335 e. The minimum atomic E-state index is -0.853. The monoisotopic (exact) mass is 400 g/mol. The number of aryl methyl sites for hydroxylation is 2. The summed E-state index contributed by atoms with van der Waals surface area (Å²) in [6.07, 6.45) is 4.02. The van der Waals surface area contributed by atoms with Crippen LogP contribution in [0.1, 0.15) is 43.2 Å². The van der Waals surface area contributed by atoms with E-state index in [1.165, 1.54) is 11.9 Å². The molecule has 8 heteroatoms. The van der Waals surface area contributed by atoms with Crippen molar-refractivity contribution in [2.24, 2.45) is 0 Å². The Bertz CT molecular complexity index is 825. The summed E-state index contributed by atoms with van der Waals surface area (Å²) in [7, 11) is 1.49. The Balaban J connectivity index is 1.58. The van der Waals surface area contributed by atoms with Crippen LogP contribution in [-0.2, 0) is 14.4 Å². The third-order valence-electron chi connectivity index (χ3n) is 5.80. The fourth-order valence-electron chi connectivity index (χ4n) is 4.06. The molecule has 0 aromatic heterocycles. The third-order valence-corrected chi connectivity index (χ3v) is 5.80. The summed E-state index contributed by atoms with van der Waals surface area (Å²) < 4.78 is 0. The van der Waals surface area contributed by atoms with Crippen molar-refractivity contribution in [1.29, 1.82) is 0 Å². The summed E-state index contributed by atoms with van der Waals surface area (Å²) in [5.41, 5.74) is 1.74. The van der Waals surface area contributed by atoms with E-state index in [2.05, 4.69) is 10.6 Å². The Morgan fingerprint density at radius 3 is 2.38 bits per heavy atom. The van der Waals surface area contributed by atoms with E-state index in [0.717, 1.165) is 41.0 Å². The molecule has 2 fully saturated rings. The average molecular weight is 400 g/mol. The molecule has 8 nitrogen and oxygen atoms in total. The van der Waals surface area contributed by atoms with Crippen molar-refractivity contribution in [2.75, 3.05) is 25.5 Å². The first-order valence-electron chi connectivity index (χ1n) is 9.98. The average Bonchev–Trinajstić information content (AvgIpc) is 2.89. The lowest BCUT2D eigenvalue weighted by atomic mass is 9.82. The maximum absolute atomic E-state index is 12.8. The van der Waals surface area contributed by atoms with Gasteiger partial charge in [0.2, 0.25) is 11.8 Å². The molecule has 3 rings (SSSR count). The lowest BCUT2D eigenvalue weighted by Crippen LogP contribution is -2.49. The van der Waals surface area contributed by atoms with Gasteiger partial charge >= 0.3 is 6.03 Å². The highest BCUT2D eigenvalue weighted by molar-refractivity contribution is 6.09. The fourth-order valence-corrected chi connectivity index (χ4v) is 4.06. The summed E-state index contributed by atoms with van der Waals surface area (Å²) in [5.74, 6) is -1.12. The highest BCUT2D eigenvalue weighted by Gasteiger charge is 2.51. The molecule has 1 aromatic rings. The van der Waals surface area contributed by atoms with Gasteiger partial charge in [0.05, 0.1) is 6.54 Å². The summed E-state index contributed by atoms with van der Waals surface area (Å²) in [6, 6.07) is 5.18.